The van der Waals surface area contributed by atoms with E-state index in [4.69, 9.17) is 38.9 Å². The molecule has 0 bridgehead atoms. The fourth-order valence-electron chi connectivity index (χ4n) is 12.2. The van der Waals surface area contributed by atoms with E-state index < -0.39 is 102 Å². The van der Waals surface area contributed by atoms with E-state index in [1.54, 1.807) is 45.0 Å². The van der Waals surface area contributed by atoms with E-state index in [2.05, 4.69) is 27.7 Å². The lowest BCUT2D eigenvalue weighted by molar-refractivity contribution is -0.243. The van der Waals surface area contributed by atoms with Crippen molar-refractivity contribution in [3.63, 3.8) is 0 Å². The van der Waals surface area contributed by atoms with E-state index in [0.29, 0.717) is 30.2 Å². The van der Waals surface area contributed by atoms with Crippen molar-refractivity contribution in [1.29, 1.82) is 0 Å². The fraction of sp³-hybridized carbons (Fsp3) is 0.516. The SMILES string of the molecule is CCC.CCC(=O)[C@@H]1Cc2c(O)c3c(c(O)c2[C@@H](O[C@H]2C[C@H](C)[C@H](C)[C@H](C)O2)C1)C(=O)c1c(OC)cccc1C3=O.CCOc1c2c(c(O)c3c1C(=O)c1cccc(OC)c1C3=O)[C@@H](O[C@H]1C[C@H](N)[C@H](O)[C@H](C)O1)C[C@H](C(=O)CO)C2. The lowest BCUT2D eigenvalue weighted by atomic mass is 9.73. The number of ether oxygens (including phenoxy) is 7. The van der Waals surface area contributed by atoms with Crippen LogP contribution in [0.15, 0.2) is 36.4 Å². The number of hydrogen-bond donors (Lipinski definition) is 6. The Labute approximate surface area is 471 Å². The molecule has 0 aromatic heterocycles. The molecular weight excluding hydrogens is 1050 g/mol. The van der Waals surface area contributed by atoms with Crippen LogP contribution in [0.1, 0.15) is 192 Å². The third-order valence-corrected chi connectivity index (χ3v) is 16.7. The van der Waals surface area contributed by atoms with Crippen LogP contribution in [0.3, 0.4) is 0 Å². The monoisotopic (exact) mass is 1120 g/mol. The van der Waals surface area contributed by atoms with Gasteiger partial charge in [0.2, 0.25) is 11.6 Å². The van der Waals surface area contributed by atoms with Crippen LogP contribution in [0.2, 0.25) is 0 Å². The molecular formula is C62H75NO18. The highest BCUT2D eigenvalue weighted by Gasteiger charge is 2.48. The first-order chi connectivity index (χ1) is 38.6. The number of nitrogens with two attached hydrogens (primary N) is 1. The summed E-state index contributed by atoms with van der Waals surface area (Å²) >= 11 is 0. The molecule has 6 aliphatic rings. The van der Waals surface area contributed by atoms with Crippen LogP contribution in [0, 0.1) is 23.7 Å². The number of aromatic hydroxyl groups is 3. The molecule has 0 unspecified atom stereocenters. The lowest BCUT2D eigenvalue weighted by Crippen LogP contribution is -2.52. The Kier molecular flexibility index (Phi) is 18.6. The van der Waals surface area contributed by atoms with Crippen LogP contribution in [-0.2, 0) is 41.4 Å². The molecule has 12 atom stereocenters. The normalized spacial score (nSPS) is 27.1. The Morgan fingerprint density at radius 1 is 0.617 bits per heavy atom. The zero-order chi connectivity index (χ0) is 59.0. The quantitative estimate of drug-likeness (QED) is 0.0635. The fourth-order valence-corrected chi connectivity index (χ4v) is 12.2. The highest BCUT2D eigenvalue weighted by molar-refractivity contribution is 6.32. The van der Waals surface area contributed by atoms with E-state index >= 15 is 0 Å². The van der Waals surface area contributed by atoms with E-state index in [0.717, 1.165) is 0 Å². The summed E-state index contributed by atoms with van der Waals surface area (Å²) in [4.78, 5) is 80.5. The summed E-state index contributed by atoms with van der Waals surface area (Å²) in [5.74, 6) is -4.06. The molecule has 19 heteroatoms. The first-order valence-electron chi connectivity index (χ1n) is 28.0. The van der Waals surface area contributed by atoms with Gasteiger partial charge in [0, 0.05) is 70.5 Å². The molecule has 4 aromatic rings. The maximum Gasteiger partial charge on any atom is 0.202 e. The Balaban J connectivity index is 0.000000203. The zero-order valence-corrected chi connectivity index (χ0v) is 47.6. The first-order valence-corrected chi connectivity index (χ1v) is 28.0. The van der Waals surface area contributed by atoms with Gasteiger partial charge in [-0.25, -0.2) is 0 Å². The predicted octanol–water partition coefficient (Wildman–Crippen LogP) is 7.88. The number of carbonyl (C=O) groups is 6. The largest absolute Gasteiger partial charge is 0.507 e. The summed E-state index contributed by atoms with van der Waals surface area (Å²) < 4.78 is 41.3. The predicted molar refractivity (Wildman–Crippen MR) is 294 cm³/mol. The van der Waals surface area contributed by atoms with Crippen molar-refractivity contribution in [3.8, 4) is 34.5 Å². The number of ketones is 6. The van der Waals surface area contributed by atoms with Crippen molar-refractivity contribution in [2.75, 3.05) is 27.4 Å². The number of carbonyl (C=O) groups excluding carboxylic acids is 6. The van der Waals surface area contributed by atoms with Crippen LogP contribution in [0.4, 0.5) is 0 Å². The molecule has 19 nitrogen and oxygen atoms in total. The van der Waals surface area contributed by atoms with Crippen molar-refractivity contribution in [3.05, 3.63) is 103 Å². The van der Waals surface area contributed by atoms with Gasteiger partial charge >= 0.3 is 0 Å². The molecule has 0 saturated carbocycles. The third-order valence-electron chi connectivity index (χ3n) is 16.7. The van der Waals surface area contributed by atoms with Crippen molar-refractivity contribution in [2.24, 2.45) is 29.4 Å². The molecule has 436 valence electrons. The Morgan fingerprint density at radius 3 is 1.58 bits per heavy atom. The summed E-state index contributed by atoms with van der Waals surface area (Å²) in [6.45, 7) is 15.1. The second-order valence-corrected chi connectivity index (χ2v) is 21.9. The maximum absolute atomic E-state index is 13.9. The van der Waals surface area contributed by atoms with E-state index in [1.807, 2.05) is 6.92 Å². The number of hydrogen-bond acceptors (Lipinski definition) is 19. The Hall–Kier alpha value is -6.58. The topological polar surface area (TPSA) is 294 Å². The molecule has 2 saturated heterocycles. The van der Waals surface area contributed by atoms with Crippen molar-refractivity contribution in [1.82, 2.24) is 0 Å². The minimum atomic E-state index is -0.977. The summed E-state index contributed by atoms with van der Waals surface area (Å²) in [7, 11) is 2.78. The maximum atomic E-state index is 13.9. The third kappa shape index (κ3) is 11.0. The van der Waals surface area contributed by atoms with Crippen LogP contribution in [0.25, 0.3) is 0 Å². The van der Waals surface area contributed by atoms with Gasteiger partial charge in [-0.1, -0.05) is 65.3 Å². The zero-order valence-electron chi connectivity index (χ0n) is 47.6. The molecule has 0 radical (unpaired) electrons. The molecule has 2 fully saturated rings. The van der Waals surface area contributed by atoms with Gasteiger partial charge < -0.3 is 64.4 Å². The summed E-state index contributed by atoms with van der Waals surface area (Å²) in [5.41, 5.74) is 6.59. The van der Waals surface area contributed by atoms with Crippen molar-refractivity contribution in [2.45, 2.75) is 156 Å². The van der Waals surface area contributed by atoms with Crippen LogP contribution in [-0.4, -0.2) is 125 Å². The van der Waals surface area contributed by atoms with Gasteiger partial charge in [0.1, 0.15) is 46.9 Å². The standard InChI is InChI=1S/C30H34O8.C29H33NO10.C3H8/c1-6-19(31)16-11-18-24(21(12-16)38-22-10-13(2)14(3)15(4)37-22)30(35)26-25(28(18)33)27(32)17-8-7-9-20(36-5)23(17)29(26)34;1-4-38-29-15-8-13(17(32)11-31)9-19(40-20-10-16(30)25(33)12(2)39-20)22(15)28(36)23-24(29)26(34)14-6-5-7-18(37-3)21(14)27(23)35;1-3-2/h7-9,13-16,21-22,33,35H,6,10-12H2,1-5H3;5-7,12-13,16,19-20,25,31,33,36H,4,8-11,30H2,1-3H3;3H2,1-2H3/t13-,14-,15-,16+,21-,22-;12-,13+,16-,19-,20-,25+;/m00./s1. The van der Waals surface area contributed by atoms with Gasteiger partial charge in [-0.05, 0) is 70.4 Å². The number of phenolic OH excluding ortho intramolecular Hbond substituents is 3. The second kappa shape index (κ2) is 24.9. The van der Waals surface area contributed by atoms with Crippen LogP contribution in [0.5, 0.6) is 34.5 Å². The molecule has 2 aliphatic heterocycles. The second-order valence-electron chi connectivity index (χ2n) is 21.9. The van der Waals surface area contributed by atoms with E-state index in [1.165, 1.54) is 32.8 Å². The lowest BCUT2D eigenvalue weighted by Gasteiger charge is -2.41. The van der Waals surface area contributed by atoms with Gasteiger partial charge in [-0.3, -0.25) is 28.8 Å². The van der Waals surface area contributed by atoms with Crippen molar-refractivity contribution < 1.29 is 87.5 Å². The van der Waals surface area contributed by atoms with Crippen LogP contribution < -0.4 is 19.9 Å². The Morgan fingerprint density at radius 2 is 1.09 bits per heavy atom. The van der Waals surface area contributed by atoms with Gasteiger partial charge in [-0.2, -0.15) is 0 Å². The smallest absolute Gasteiger partial charge is 0.202 e. The molecule has 2 heterocycles. The number of fused-ring (bicyclic) bond motifs is 6. The number of Topliss-reactive ketones (excluding diaryl/α,β-unsaturated/α-hetero) is 2. The van der Waals surface area contributed by atoms with Gasteiger partial charge in [-0.15, -0.1) is 0 Å². The van der Waals surface area contributed by atoms with Crippen LogP contribution >= 0.6 is 0 Å². The van der Waals surface area contributed by atoms with Crippen molar-refractivity contribution >= 4 is 34.7 Å². The molecule has 0 spiro atoms. The number of aliphatic hydroxyl groups is 2. The highest BCUT2D eigenvalue weighted by Crippen LogP contribution is 2.54. The summed E-state index contributed by atoms with van der Waals surface area (Å²) in [6.07, 6.45) is -1.99. The molecule has 4 aliphatic carbocycles. The summed E-state index contributed by atoms with van der Waals surface area (Å²) in [6, 6.07) is 8.69. The highest BCUT2D eigenvalue weighted by atomic mass is 16.7. The average molecular weight is 1120 g/mol. The van der Waals surface area contributed by atoms with Gasteiger partial charge in [0.05, 0.1) is 84.7 Å². The first kappa shape index (κ1) is 60.5. The number of benzene rings is 4. The van der Waals surface area contributed by atoms with E-state index in [-0.39, 0.29) is 135 Å². The van der Waals surface area contributed by atoms with Gasteiger partial charge in [0.15, 0.2) is 29.9 Å². The molecule has 0 amide bonds. The minimum Gasteiger partial charge on any atom is -0.507 e. The number of methoxy groups -OCH3 is 2. The molecule has 10 rings (SSSR count). The summed E-state index contributed by atoms with van der Waals surface area (Å²) in [5, 5.41) is 54.6. The number of rotatable bonds is 12. The molecule has 4 aromatic carbocycles. The van der Waals surface area contributed by atoms with Gasteiger partial charge in [0.25, 0.3) is 0 Å². The van der Waals surface area contributed by atoms with E-state index in [9.17, 15) is 54.3 Å². The Bertz CT molecular complexity index is 3110. The number of phenols is 3. The number of aliphatic hydroxyl groups excluding tert-OH is 2. The average Bonchev–Trinajstić information content (AvgIpc) is 1.94. The minimum absolute atomic E-state index is 0.00161. The molecule has 81 heavy (non-hydrogen) atoms. The molecule has 7 N–H and O–H groups in total.